The van der Waals surface area contributed by atoms with Gasteiger partial charge in [-0.15, -0.1) is 0 Å². The molecule has 12 aromatic rings. The molecular weight excluding hydrogens is 713 g/mol. The van der Waals surface area contributed by atoms with E-state index < -0.39 is 24.2 Å². The number of oxazole rings is 1. The number of rotatable bonds is 6. The molecule has 5 heteroatoms. The Bertz CT molecular complexity index is 3920. The zero-order valence-corrected chi connectivity index (χ0v) is 30.6. The largest absolute Gasteiger partial charge is 0.456 e. The molecule has 0 bridgehead atoms. The second kappa shape index (κ2) is 12.8. The molecule has 9 aromatic carbocycles. The predicted molar refractivity (Wildman–Crippen MR) is 237 cm³/mol. The summed E-state index contributed by atoms with van der Waals surface area (Å²) in [5.74, 6) is 0.461. The first-order valence-electron chi connectivity index (χ1n) is 22.4. The zero-order valence-electron chi connectivity index (χ0n) is 37.6. The number of aromatic nitrogens is 1. The molecule has 0 radical (unpaired) electrons. The Morgan fingerprint density at radius 1 is 0.431 bits per heavy atom. The third-order valence-corrected chi connectivity index (χ3v) is 10.8. The molecule has 0 saturated heterocycles. The van der Waals surface area contributed by atoms with Crippen molar-refractivity contribution in [1.82, 2.24) is 4.98 Å². The van der Waals surface area contributed by atoms with Crippen LogP contribution in [0.25, 0.3) is 99.5 Å². The van der Waals surface area contributed by atoms with Gasteiger partial charge in [0.05, 0.1) is 15.3 Å². The lowest BCUT2D eigenvalue weighted by atomic mass is 9.95. The van der Waals surface area contributed by atoms with Gasteiger partial charge in [-0.1, -0.05) is 121 Å². The molecule has 0 atom stereocenters. The first-order valence-corrected chi connectivity index (χ1v) is 18.9. The number of nitrogens with zero attached hydrogens (tertiary/aromatic N) is 2. The quantitative estimate of drug-likeness (QED) is 0.169. The SMILES string of the molecule is [2H]c1c([2H])c([2H])c2c(oc3c([2H])c([2H])c(N(c4ccc(-c5ccccc5)cc4)c4cc(-c5cccc6oc(-c7ccccc7)nc56)c5c(c4)oc4ccc6ccccc6c45)c([2H])c32)c1[2H]. The molecule has 272 valence electrons. The Morgan fingerprint density at radius 3 is 2.03 bits per heavy atom. The smallest absolute Gasteiger partial charge is 0.227 e. The number of hydrogen-bond donors (Lipinski definition) is 0. The number of furan rings is 2. The Labute approximate surface area is 342 Å². The molecule has 58 heavy (non-hydrogen) atoms. The van der Waals surface area contributed by atoms with Crippen LogP contribution in [0.1, 0.15) is 9.60 Å². The van der Waals surface area contributed by atoms with E-state index in [0.29, 0.717) is 39.5 Å². The summed E-state index contributed by atoms with van der Waals surface area (Å²) in [6, 6.07) is 46.3. The highest BCUT2D eigenvalue weighted by molar-refractivity contribution is 6.24. The summed E-state index contributed by atoms with van der Waals surface area (Å²) in [5, 5.41) is 3.72. The lowest BCUT2D eigenvalue weighted by Crippen LogP contribution is -2.10. The summed E-state index contributed by atoms with van der Waals surface area (Å²) in [6.45, 7) is 0. The van der Waals surface area contributed by atoms with Crippen LogP contribution in [0.4, 0.5) is 17.1 Å². The minimum absolute atomic E-state index is 0.00272. The molecule has 0 fully saturated rings. The lowest BCUT2D eigenvalue weighted by molar-refractivity contribution is 0.620. The molecule has 0 aliphatic rings. The first-order chi connectivity index (χ1) is 31.7. The highest BCUT2D eigenvalue weighted by atomic mass is 16.3. The summed E-state index contributed by atoms with van der Waals surface area (Å²) in [7, 11) is 0. The Morgan fingerprint density at radius 2 is 1.17 bits per heavy atom. The summed E-state index contributed by atoms with van der Waals surface area (Å²) in [6.07, 6.45) is 0. The Kier molecular flexibility index (Phi) is 5.76. The van der Waals surface area contributed by atoms with E-state index in [4.69, 9.17) is 23.7 Å². The molecule has 0 aliphatic carbocycles. The van der Waals surface area contributed by atoms with Gasteiger partial charge in [0.25, 0.3) is 0 Å². The van der Waals surface area contributed by atoms with Crippen molar-refractivity contribution in [3.05, 3.63) is 194 Å². The fourth-order valence-corrected chi connectivity index (χ4v) is 8.11. The van der Waals surface area contributed by atoms with E-state index >= 15 is 0 Å². The monoisotopic (exact) mass is 751 g/mol. The number of para-hydroxylation sites is 2. The van der Waals surface area contributed by atoms with Crippen LogP contribution < -0.4 is 4.90 Å². The zero-order chi connectivity index (χ0) is 44.2. The van der Waals surface area contributed by atoms with Crippen molar-refractivity contribution in [3.63, 3.8) is 0 Å². The summed E-state index contributed by atoms with van der Waals surface area (Å²) in [5.41, 5.74) is 7.31. The summed E-state index contributed by atoms with van der Waals surface area (Å²) < 4.78 is 82.5. The van der Waals surface area contributed by atoms with Crippen molar-refractivity contribution < 1.29 is 22.8 Å². The van der Waals surface area contributed by atoms with Crippen molar-refractivity contribution in [3.8, 4) is 33.7 Å². The highest BCUT2D eigenvalue weighted by Crippen LogP contribution is 2.47. The van der Waals surface area contributed by atoms with Crippen LogP contribution in [0, 0.1) is 0 Å². The molecule has 0 amide bonds. The first kappa shape index (κ1) is 26.1. The molecule has 12 rings (SSSR count). The van der Waals surface area contributed by atoms with Gasteiger partial charge in [-0.05, 0) is 94.1 Å². The van der Waals surface area contributed by atoms with E-state index in [2.05, 4.69) is 12.1 Å². The van der Waals surface area contributed by atoms with Gasteiger partial charge < -0.3 is 18.2 Å². The van der Waals surface area contributed by atoms with Gasteiger partial charge in [0.2, 0.25) is 5.89 Å². The maximum absolute atomic E-state index is 9.92. The van der Waals surface area contributed by atoms with Crippen LogP contribution >= 0.6 is 0 Å². The van der Waals surface area contributed by atoms with E-state index in [1.54, 1.807) is 4.90 Å². The molecule has 0 N–H and O–H groups in total. The summed E-state index contributed by atoms with van der Waals surface area (Å²) >= 11 is 0. The van der Waals surface area contributed by atoms with Crippen molar-refractivity contribution in [1.29, 1.82) is 0 Å². The molecular formula is C53H32N2O3. The average molecular weight is 752 g/mol. The number of hydrogen-bond acceptors (Lipinski definition) is 5. The predicted octanol–water partition coefficient (Wildman–Crippen LogP) is 15.3. The topological polar surface area (TPSA) is 55.6 Å². The Balaban J connectivity index is 1.20. The van der Waals surface area contributed by atoms with Crippen LogP contribution in [0.15, 0.2) is 207 Å². The minimum Gasteiger partial charge on any atom is -0.456 e. The van der Waals surface area contributed by atoms with Crippen LogP contribution in [0.3, 0.4) is 0 Å². The molecule has 3 aromatic heterocycles. The van der Waals surface area contributed by atoms with E-state index in [0.717, 1.165) is 49.4 Å². The standard InChI is InChI=1S/C53H32N2O3/c1-3-12-33(13-4-1)34-22-25-37(26-23-34)55(38-27-29-46-43(30-38)41-18-9-10-20-45(41)56-46)39-31-44(42-19-11-21-48-52(42)54-53(58-48)36-15-5-2-6-16-36)51-49(32-39)57-47-28-24-35-14-7-8-17-40(35)50(47)51/h1-32H/i9D,10D,18D,20D,27D,29D,30D. The van der Waals surface area contributed by atoms with Crippen molar-refractivity contribution >= 4 is 82.8 Å². The lowest BCUT2D eigenvalue weighted by Gasteiger charge is -2.26. The molecule has 0 aliphatic heterocycles. The van der Waals surface area contributed by atoms with Crippen molar-refractivity contribution in [2.75, 3.05) is 4.90 Å². The van der Waals surface area contributed by atoms with E-state index in [9.17, 15) is 4.11 Å². The van der Waals surface area contributed by atoms with Crippen LogP contribution in [0.2, 0.25) is 0 Å². The number of fused-ring (bicyclic) bond motifs is 9. The van der Waals surface area contributed by atoms with Crippen molar-refractivity contribution in [2.45, 2.75) is 0 Å². The maximum atomic E-state index is 9.92. The molecule has 0 spiro atoms. The number of benzene rings is 9. The molecule has 3 heterocycles. The van der Waals surface area contributed by atoms with Crippen LogP contribution in [-0.2, 0) is 0 Å². The fourth-order valence-electron chi connectivity index (χ4n) is 8.11. The molecule has 0 saturated carbocycles. The Hall–Kier alpha value is -7.89. The van der Waals surface area contributed by atoms with E-state index in [1.807, 2.05) is 140 Å². The average Bonchev–Trinajstić information content (AvgIpc) is 4.08. The molecule has 5 nitrogen and oxygen atoms in total. The minimum atomic E-state index is -0.497. The van der Waals surface area contributed by atoms with Gasteiger partial charge >= 0.3 is 0 Å². The van der Waals surface area contributed by atoms with Crippen LogP contribution in [0.5, 0.6) is 0 Å². The third kappa shape index (κ3) is 5.14. The maximum Gasteiger partial charge on any atom is 0.227 e. The van der Waals surface area contributed by atoms with E-state index in [-0.39, 0.29) is 45.8 Å². The highest BCUT2D eigenvalue weighted by Gasteiger charge is 2.24. The third-order valence-electron chi connectivity index (χ3n) is 10.8. The van der Waals surface area contributed by atoms with Gasteiger partial charge in [-0.2, -0.15) is 0 Å². The van der Waals surface area contributed by atoms with Crippen molar-refractivity contribution in [2.24, 2.45) is 0 Å². The van der Waals surface area contributed by atoms with Crippen LogP contribution in [-0.4, -0.2) is 4.98 Å². The van der Waals surface area contributed by atoms with Gasteiger partial charge in [-0.25, -0.2) is 4.98 Å². The summed E-state index contributed by atoms with van der Waals surface area (Å²) in [4.78, 5) is 6.82. The van der Waals surface area contributed by atoms with Gasteiger partial charge in [0.15, 0.2) is 5.58 Å². The van der Waals surface area contributed by atoms with Gasteiger partial charge in [0.1, 0.15) is 27.8 Å². The second-order valence-electron chi connectivity index (χ2n) is 14.1. The molecule has 0 unspecified atom stereocenters. The normalized spacial score (nSPS) is 13.5. The fraction of sp³-hybridized carbons (Fsp3) is 0. The number of anilines is 3. The van der Waals surface area contributed by atoms with E-state index in [1.165, 1.54) is 0 Å². The van der Waals surface area contributed by atoms with Gasteiger partial charge in [-0.3, -0.25) is 0 Å². The second-order valence-corrected chi connectivity index (χ2v) is 14.1. The van der Waals surface area contributed by atoms with Gasteiger partial charge in [0, 0.05) is 50.1 Å².